The molecule has 8 heteroatoms. The van der Waals surface area contributed by atoms with Crippen LogP contribution in [0, 0.1) is 10.1 Å². The largest absolute Gasteiger partial charge is 0.455 e. The van der Waals surface area contributed by atoms with E-state index in [2.05, 4.69) is 0 Å². The summed E-state index contributed by atoms with van der Waals surface area (Å²) in [5.74, 6) is 0.480. The first-order valence-corrected chi connectivity index (χ1v) is 9.26. The first-order chi connectivity index (χ1) is 12.2. The van der Waals surface area contributed by atoms with Crippen LogP contribution in [0.4, 0.5) is 5.69 Å². The van der Waals surface area contributed by atoms with Crippen molar-refractivity contribution in [1.29, 1.82) is 0 Å². The van der Waals surface area contributed by atoms with Crippen molar-refractivity contribution in [2.45, 2.75) is 63.1 Å². The lowest BCUT2D eigenvalue weighted by atomic mass is 10.1. The zero-order valence-electron chi connectivity index (χ0n) is 15.6. The van der Waals surface area contributed by atoms with Crippen molar-refractivity contribution in [1.82, 2.24) is 9.55 Å². The molecule has 1 unspecified atom stereocenters. The average molecular weight is 377 g/mol. The van der Waals surface area contributed by atoms with Gasteiger partial charge in [0.15, 0.2) is 11.9 Å². The van der Waals surface area contributed by atoms with E-state index in [0.29, 0.717) is 12.4 Å². The van der Waals surface area contributed by atoms with Crippen molar-refractivity contribution in [3.05, 3.63) is 45.9 Å². The Morgan fingerprint density at radius 3 is 2.62 bits per heavy atom. The topological polar surface area (TPSA) is 87.3 Å². The van der Waals surface area contributed by atoms with Crippen LogP contribution in [-0.2, 0) is 16.1 Å². The fourth-order valence-corrected chi connectivity index (χ4v) is 3.92. The molecule has 0 aliphatic carbocycles. The molecule has 0 amide bonds. The molecule has 0 N–H and O–H groups in total. The Hall–Kier alpha value is -2.35. The van der Waals surface area contributed by atoms with Crippen LogP contribution < -0.4 is 0 Å². The van der Waals surface area contributed by atoms with Crippen LogP contribution in [0.25, 0.3) is 0 Å². The van der Waals surface area contributed by atoms with Crippen LogP contribution in [0.1, 0.15) is 58.2 Å². The number of carbonyl (C=O) groups excluding carboxylic acids is 1. The third-order valence-electron chi connectivity index (χ3n) is 3.79. The van der Waals surface area contributed by atoms with Crippen LogP contribution >= 0.6 is 11.8 Å². The van der Waals surface area contributed by atoms with Gasteiger partial charge in [0.1, 0.15) is 5.03 Å². The third kappa shape index (κ3) is 4.43. The van der Waals surface area contributed by atoms with Crippen LogP contribution in [-0.4, -0.2) is 20.4 Å². The Labute approximate surface area is 156 Å². The fraction of sp³-hybridized carbons (Fsp3) is 0.444. The van der Waals surface area contributed by atoms with Crippen LogP contribution in [0.3, 0.4) is 0 Å². The summed E-state index contributed by atoms with van der Waals surface area (Å²) in [6.45, 7) is 9.89. The quantitative estimate of drug-likeness (QED) is 0.394. The number of aromatic nitrogens is 2. The van der Waals surface area contributed by atoms with Gasteiger partial charge in [-0.1, -0.05) is 31.7 Å². The monoisotopic (exact) mass is 377 g/mol. The molecule has 26 heavy (non-hydrogen) atoms. The highest BCUT2D eigenvalue weighted by Crippen LogP contribution is 2.37. The number of rotatable bonds is 7. The molecule has 0 bridgehead atoms. The maximum Gasteiger partial charge on any atom is 0.303 e. The van der Waals surface area contributed by atoms with Gasteiger partial charge in [-0.05, 0) is 25.8 Å². The molecule has 0 spiro atoms. The van der Waals surface area contributed by atoms with Crippen molar-refractivity contribution < 1.29 is 14.5 Å². The predicted molar refractivity (Wildman–Crippen MR) is 99.4 cm³/mol. The van der Waals surface area contributed by atoms with E-state index >= 15 is 0 Å². The number of carbonyl (C=O) groups is 1. The molecular weight excluding hydrogens is 354 g/mol. The summed E-state index contributed by atoms with van der Waals surface area (Å²) in [6, 6.07) is 6.53. The van der Waals surface area contributed by atoms with Crippen molar-refractivity contribution in [3.8, 4) is 0 Å². The lowest BCUT2D eigenvalue weighted by Crippen LogP contribution is -2.12. The van der Waals surface area contributed by atoms with Crippen LogP contribution in [0.15, 0.2) is 34.2 Å². The molecule has 0 aliphatic rings. The number of ether oxygens (including phenoxy) is 1. The van der Waals surface area contributed by atoms with Gasteiger partial charge in [0.2, 0.25) is 0 Å². The van der Waals surface area contributed by atoms with Gasteiger partial charge in [-0.25, -0.2) is 4.98 Å². The Balaban J connectivity index is 2.49. The Morgan fingerprint density at radius 2 is 2.08 bits per heavy atom. The second-order valence-electron chi connectivity index (χ2n) is 6.17. The van der Waals surface area contributed by atoms with Gasteiger partial charge in [0, 0.05) is 30.5 Å². The number of imidazole rings is 1. The number of hydrogen-bond acceptors (Lipinski definition) is 6. The maximum absolute atomic E-state index is 11.3. The van der Waals surface area contributed by atoms with E-state index in [1.165, 1.54) is 24.8 Å². The van der Waals surface area contributed by atoms with Crippen molar-refractivity contribution in [3.63, 3.8) is 0 Å². The van der Waals surface area contributed by atoms with E-state index < -0.39 is 11.0 Å². The first kappa shape index (κ1) is 20.0. The van der Waals surface area contributed by atoms with E-state index in [0.717, 1.165) is 15.6 Å². The summed E-state index contributed by atoms with van der Waals surface area (Å²) in [5.41, 5.74) is 0.939. The number of esters is 1. The van der Waals surface area contributed by atoms with Gasteiger partial charge in [0.05, 0.1) is 10.6 Å². The maximum atomic E-state index is 11.3. The standard InChI is InChI=1S/C18H23N3O4S/c1-6-20-17(12(4)25-13(5)22)19-16(11(2)3)18(20)26-15-9-7-8-14(10-15)21(23)24/h7-12H,6H2,1-5H3. The number of nitro benzene ring substituents is 1. The molecule has 0 radical (unpaired) electrons. The molecule has 1 atom stereocenters. The smallest absolute Gasteiger partial charge is 0.303 e. The minimum Gasteiger partial charge on any atom is -0.455 e. The highest BCUT2D eigenvalue weighted by Gasteiger charge is 2.24. The molecule has 2 rings (SSSR count). The summed E-state index contributed by atoms with van der Waals surface area (Å²) in [5, 5.41) is 11.9. The molecule has 1 aromatic heterocycles. The van der Waals surface area contributed by atoms with Crippen molar-refractivity contribution >= 4 is 23.4 Å². The number of nitrogens with zero attached hydrogens (tertiary/aromatic N) is 3. The van der Waals surface area contributed by atoms with Crippen LogP contribution in [0.2, 0.25) is 0 Å². The number of hydrogen-bond donors (Lipinski definition) is 0. The highest BCUT2D eigenvalue weighted by molar-refractivity contribution is 7.99. The molecule has 140 valence electrons. The van der Waals surface area contributed by atoms with Gasteiger partial charge >= 0.3 is 5.97 Å². The second-order valence-corrected chi connectivity index (χ2v) is 7.23. The lowest BCUT2D eigenvalue weighted by Gasteiger charge is -2.15. The van der Waals surface area contributed by atoms with Gasteiger partial charge in [-0.2, -0.15) is 0 Å². The molecule has 1 aromatic carbocycles. The van der Waals surface area contributed by atoms with E-state index in [-0.39, 0.29) is 17.6 Å². The van der Waals surface area contributed by atoms with E-state index in [9.17, 15) is 14.9 Å². The molecule has 1 heterocycles. The first-order valence-electron chi connectivity index (χ1n) is 8.44. The SMILES string of the molecule is CCn1c(C(C)OC(C)=O)nc(C(C)C)c1Sc1cccc([N+](=O)[O-])c1. The fourth-order valence-electron chi connectivity index (χ4n) is 2.65. The molecular formula is C18H23N3O4S. The van der Waals surface area contributed by atoms with E-state index in [1.54, 1.807) is 19.1 Å². The summed E-state index contributed by atoms with van der Waals surface area (Å²) in [7, 11) is 0. The summed E-state index contributed by atoms with van der Waals surface area (Å²) >= 11 is 1.44. The lowest BCUT2D eigenvalue weighted by molar-refractivity contribution is -0.385. The summed E-state index contributed by atoms with van der Waals surface area (Å²) in [6.07, 6.45) is -0.468. The number of non-ortho nitro benzene ring substituents is 1. The summed E-state index contributed by atoms with van der Waals surface area (Å²) in [4.78, 5) is 27.4. The Kier molecular flexibility index (Phi) is 6.42. The van der Waals surface area contributed by atoms with Crippen molar-refractivity contribution in [2.75, 3.05) is 0 Å². The third-order valence-corrected chi connectivity index (χ3v) is 4.90. The van der Waals surface area contributed by atoms with E-state index in [4.69, 9.17) is 9.72 Å². The second kappa shape index (κ2) is 8.35. The highest BCUT2D eigenvalue weighted by atomic mass is 32.2. The Bertz CT molecular complexity index is 817. The van der Waals surface area contributed by atoms with Gasteiger partial charge in [-0.15, -0.1) is 0 Å². The normalized spacial score (nSPS) is 12.2. The molecule has 0 saturated heterocycles. The van der Waals surface area contributed by atoms with Gasteiger partial charge in [0.25, 0.3) is 5.69 Å². The average Bonchev–Trinajstić information content (AvgIpc) is 2.93. The number of benzene rings is 1. The zero-order chi connectivity index (χ0) is 19.4. The summed E-state index contributed by atoms with van der Waals surface area (Å²) < 4.78 is 7.31. The van der Waals surface area contributed by atoms with Gasteiger partial charge < -0.3 is 9.30 Å². The molecule has 0 fully saturated rings. The number of nitro groups is 1. The molecule has 7 nitrogen and oxygen atoms in total. The van der Waals surface area contributed by atoms with Crippen LogP contribution in [0.5, 0.6) is 0 Å². The van der Waals surface area contributed by atoms with Gasteiger partial charge in [-0.3, -0.25) is 14.9 Å². The molecule has 2 aromatic rings. The minimum atomic E-state index is -0.468. The molecule has 0 aliphatic heterocycles. The van der Waals surface area contributed by atoms with Crippen molar-refractivity contribution in [2.24, 2.45) is 0 Å². The molecule has 0 saturated carbocycles. The zero-order valence-corrected chi connectivity index (χ0v) is 16.4. The Morgan fingerprint density at radius 1 is 1.38 bits per heavy atom. The minimum absolute atomic E-state index is 0.0529. The van der Waals surface area contributed by atoms with E-state index in [1.807, 2.05) is 31.4 Å². The predicted octanol–water partition coefficient (Wildman–Crippen LogP) is 4.71.